The topological polar surface area (TPSA) is 39.8 Å². The van der Waals surface area contributed by atoms with Gasteiger partial charge in [0.2, 0.25) is 0 Å². The minimum absolute atomic E-state index is 0.218. The second-order valence-electron chi connectivity index (χ2n) is 3.30. The van der Waals surface area contributed by atoms with E-state index in [-0.39, 0.29) is 5.82 Å². The summed E-state index contributed by atoms with van der Waals surface area (Å²) >= 11 is 12.0. The summed E-state index contributed by atoms with van der Waals surface area (Å²) in [6.07, 6.45) is 1.55. The lowest BCUT2D eigenvalue weighted by Gasteiger charge is -2.10. The van der Waals surface area contributed by atoms with Crippen LogP contribution in [0.1, 0.15) is 5.69 Å². The van der Waals surface area contributed by atoms with Gasteiger partial charge in [0.25, 0.3) is 0 Å². The zero-order chi connectivity index (χ0) is 11.7. The van der Waals surface area contributed by atoms with Gasteiger partial charge in [-0.1, -0.05) is 29.3 Å². The van der Waals surface area contributed by atoms with E-state index in [2.05, 4.69) is 4.98 Å². The van der Waals surface area contributed by atoms with Crippen LogP contribution in [0.2, 0.25) is 10.0 Å². The zero-order valence-electron chi connectivity index (χ0n) is 8.45. The van der Waals surface area contributed by atoms with Crippen molar-refractivity contribution in [3.05, 3.63) is 51.4 Å². The van der Waals surface area contributed by atoms with Crippen LogP contribution in [0.5, 0.6) is 0 Å². The Balaban J connectivity index is 2.73. The summed E-state index contributed by atoms with van der Waals surface area (Å²) in [5.41, 5.74) is 1.01. The van der Waals surface area contributed by atoms with Crippen LogP contribution in [0.4, 0.5) is 0 Å². The SMILES string of the molecule is Cc1ccnc(-c2c(Cl)cccc2Cl)[n+]1[O-]. The van der Waals surface area contributed by atoms with Crippen molar-refractivity contribution >= 4 is 23.2 Å². The molecule has 1 aromatic carbocycles. The summed E-state index contributed by atoms with van der Waals surface area (Å²) in [4.78, 5) is 4.01. The molecule has 82 valence electrons. The van der Waals surface area contributed by atoms with Crippen LogP contribution in [-0.2, 0) is 0 Å². The first-order chi connectivity index (χ1) is 7.61. The van der Waals surface area contributed by atoms with E-state index in [4.69, 9.17) is 23.2 Å². The van der Waals surface area contributed by atoms with Crippen LogP contribution >= 0.6 is 23.2 Å². The van der Waals surface area contributed by atoms with Crippen LogP contribution in [0.15, 0.2) is 30.5 Å². The molecule has 16 heavy (non-hydrogen) atoms. The molecule has 5 heteroatoms. The number of rotatable bonds is 1. The van der Waals surface area contributed by atoms with E-state index in [1.54, 1.807) is 37.4 Å². The predicted molar refractivity (Wildman–Crippen MR) is 63.4 cm³/mol. The van der Waals surface area contributed by atoms with Crippen LogP contribution in [0.25, 0.3) is 11.4 Å². The lowest BCUT2D eigenvalue weighted by Crippen LogP contribution is -2.33. The molecule has 0 saturated carbocycles. The van der Waals surface area contributed by atoms with Gasteiger partial charge in [-0.25, -0.2) is 4.73 Å². The molecular formula is C11H8Cl2N2O. The molecule has 0 fully saturated rings. The Hall–Kier alpha value is -1.32. The maximum Gasteiger partial charge on any atom is 0.336 e. The normalized spacial score (nSPS) is 10.4. The van der Waals surface area contributed by atoms with Gasteiger partial charge >= 0.3 is 5.82 Å². The molecule has 2 aromatic rings. The van der Waals surface area contributed by atoms with Gasteiger partial charge in [0.15, 0.2) is 0 Å². The third kappa shape index (κ3) is 1.84. The molecule has 0 aliphatic heterocycles. The number of hydrogen-bond donors (Lipinski definition) is 0. The van der Waals surface area contributed by atoms with Crippen molar-refractivity contribution in [3.63, 3.8) is 0 Å². The Labute approximate surface area is 103 Å². The molecule has 0 amide bonds. The Bertz CT molecular complexity index is 523. The van der Waals surface area contributed by atoms with Crippen molar-refractivity contribution in [2.75, 3.05) is 0 Å². The largest absolute Gasteiger partial charge is 0.710 e. The summed E-state index contributed by atoms with van der Waals surface area (Å²) in [7, 11) is 0. The molecule has 0 N–H and O–H groups in total. The molecule has 3 nitrogen and oxygen atoms in total. The highest BCUT2D eigenvalue weighted by atomic mass is 35.5. The lowest BCUT2D eigenvalue weighted by atomic mass is 10.2. The smallest absolute Gasteiger partial charge is 0.336 e. The van der Waals surface area contributed by atoms with Gasteiger partial charge < -0.3 is 5.21 Å². The Morgan fingerprint density at radius 1 is 1.19 bits per heavy atom. The fourth-order valence-electron chi connectivity index (χ4n) is 1.38. The van der Waals surface area contributed by atoms with Crippen LogP contribution in [0.3, 0.4) is 0 Å². The fraction of sp³-hybridized carbons (Fsp3) is 0.0909. The van der Waals surface area contributed by atoms with Crippen molar-refractivity contribution < 1.29 is 4.73 Å². The van der Waals surface area contributed by atoms with Gasteiger partial charge in [0.05, 0.1) is 10.0 Å². The second-order valence-corrected chi connectivity index (χ2v) is 4.12. The van der Waals surface area contributed by atoms with E-state index < -0.39 is 0 Å². The fourth-order valence-corrected chi connectivity index (χ4v) is 1.95. The van der Waals surface area contributed by atoms with Gasteiger partial charge in [0.1, 0.15) is 17.5 Å². The van der Waals surface area contributed by atoms with E-state index in [1.807, 2.05) is 0 Å². The standard InChI is InChI=1S/C11H8Cl2N2O/c1-7-5-6-14-11(15(7)16)10-8(12)3-2-4-9(10)13/h2-6H,1H3. The first kappa shape index (κ1) is 11.2. The van der Waals surface area contributed by atoms with E-state index >= 15 is 0 Å². The molecule has 0 radical (unpaired) electrons. The molecule has 0 aliphatic rings. The summed E-state index contributed by atoms with van der Waals surface area (Å²) in [6, 6.07) is 6.69. The predicted octanol–water partition coefficient (Wildman–Crippen LogP) is 3.00. The Kier molecular flexibility index (Phi) is 2.99. The first-order valence-corrected chi connectivity index (χ1v) is 5.36. The molecule has 0 atom stereocenters. The van der Waals surface area contributed by atoms with Crippen molar-refractivity contribution in [2.45, 2.75) is 6.92 Å². The summed E-state index contributed by atoms with van der Waals surface area (Å²) in [5.74, 6) is 0.218. The van der Waals surface area contributed by atoms with E-state index in [9.17, 15) is 5.21 Å². The minimum Gasteiger partial charge on any atom is -0.710 e. The molecular weight excluding hydrogens is 247 g/mol. The maximum absolute atomic E-state index is 11.8. The van der Waals surface area contributed by atoms with E-state index in [0.29, 0.717) is 26.0 Å². The van der Waals surface area contributed by atoms with Gasteiger partial charge in [-0.05, 0) is 24.0 Å². The molecule has 0 spiro atoms. The van der Waals surface area contributed by atoms with Crippen LogP contribution in [-0.4, -0.2) is 4.98 Å². The average Bonchev–Trinajstić information content (AvgIpc) is 2.24. The number of halogens is 2. The molecule has 2 rings (SSSR count). The summed E-state index contributed by atoms with van der Waals surface area (Å²) in [6.45, 7) is 1.70. The monoisotopic (exact) mass is 254 g/mol. The van der Waals surface area contributed by atoms with Gasteiger partial charge in [-0.3, -0.25) is 0 Å². The number of benzene rings is 1. The third-order valence-electron chi connectivity index (χ3n) is 2.21. The van der Waals surface area contributed by atoms with Crippen molar-refractivity contribution in [1.29, 1.82) is 0 Å². The first-order valence-electron chi connectivity index (χ1n) is 4.61. The molecule has 0 aliphatic carbocycles. The quantitative estimate of drug-likeness (QED) is 0.580. The highest BCUT2D eigenvalue weighted by Gasteiger charge is 2.18. The Morgan fingerprint density at radius 2 is 1.81 bits per heavy atom. The maximum atomic E-state index is 11.8. The summed E-state index contributed by atoms with van der Waals surface area (Å²) in [5, 5.41) is 12.6. The number of aryl methyl sites for hydroxylation is 1. The van der Waals surface area contributed by atoms with Gasteiger partial charge in [-0.2, -0.15) is 0 Å². The molecule has 0 bridgehead atoms. The highest BCUT2D eigenvalue weighted by molar-refractivity contribution is 6.38. The Morgan fingerprint density at radius 3 is 2.44 bits per heavy atom. The molecule has 1 heterocycles. The third-order valence-corrected chi connectivity index (χ3v) is 2.84. The van der Waals surface area contributed by atoms with Crippen molar-refractivity contribution in [3.8, 4) is 11.4 Å². The van der Waals surface area contributed by atoms with E-state index in [1.165, 1.54) is 0 Å². The van der Waals surface area contributed by atoms with Crippen LogP contribution in [0, 0.1) is 12.1 Å². The van der Waals surface area contributed by atoms with Crippen molar-refractivity contribution in [1.82, 2.24) is 4.98 Å². The number of hydrogen-bond acceptors (Lipinski definition) is 2. The van der Waals surface area contributed by atoms with E-state index in [0.717, 1.165) is 0 Å². The van der Waals surface area contributed by atoms with Gasteiger partial charge in [0, 0.05) is 6.07 Å². The molecule has 1 aromatic heterocycles. The second kappa shape index (κ2) is 4.28. The van der Waals surface area contributed by atoms with Gasteiger partial charge in [-0.15, -0.1) is 0 Å². The van der Waals surface area contributed by atoms with Crippen molar-refractivity contribution in [2.24, 2.45) is 0 Å². The summed E-state index contributed by atoms with van der Waals surface area (Å²) < 4.78 is 0.715. The highest BCUT2D eigenvalue weighted by Crippen LogP contribution is 2.31. The number of aromatic nitrogens is 2. The van der Waals surface area contributed by atoms with Crippen LogP contribution < -0.4 is 4.73 Å². The molecule has 0 unspecified atom stereocenters. The molecule has 0 saturated heterocycles. The zero-order valence-corrected chi connectivity index (χ0v) is 9.96. The minimum atomic E-state index is 0.218. The average molecular weight is 255 g/mol. The number of nitrogens with zero attached hydrogens (tertiary/aromatic N) is 2. The lowest BCUT2D eigenvalue weighted by molar-refractivity contribution is -0.603.